The van der Waals surface area contributed by atoms with Gasteiger partial charge in [-0.3, -0.25) is 0 Å². The molecule has 0 saturated heterocycles. The second-order valence-electron chi connectivity index (χ2n) is 20.1. The molecule has 0 saturated carbocycles. The van der Waals surface area contributed by atoms with Crippen molar-refractivity contribution < 1.29 is 4.42 Å². The Kier molecular flexibility index (Phi) is 8.38. The van der Waals surface area contributed by atoms with Gasteiger partial charge in [-0.15, -0.1) is 0 Å². The number of hydrogen-bond acceptors (Lipinski definition) is 2. The van der Waals surface area contributed by atoms with Gasteiger partial charge in [-0.25, -0.2) is 0 Å². The van der Waals surface area contributed by atoms with Crippen molar-refractivity contribution in [1.82, 2.24) is 4.57 Å². The van der Waals surface area contributed by atoms with E-state index in [4.69, 9.17) is 4.42 Å². The Morgan fingerprint density at radius 2 is 0.884 bits per heavy atom. The summed E-state index contributed by atoms with van der Waals surface area (Å²) in [5.74, 6) is 0. The van der Waals surface area contributed by atoms with Crippen LogP contribution < -0.4 is 4.90 Å². The zero-order chi connectivity index (χ0) is 46.2. The average molecular weight is 885 g/mol. The minimum Gasteiger partial charge on any atom is -0.456 e. The van der Waals surface area contributed by atoms with Gasteiger partial charge < -0.3 is 13.9 Å². The maximum Gasteiger partial charge on any atom is 0.138 e. The largest absolute Gasteiger partial charge is 0.456 e. The smallest absolute Gasteiger partial charge is 0.138 e. The lowest BCUT2D eigenvalue weighted by Crippen LogP contribution is -2.16. The first-order valence-corrected chi connectivity index (χ1v) is 24.2. The van der Waals surface area contributed by atoms with Crippen molar-refractivity contribution in [3.63, 3.8) is 0 Å². The van der Waals surface area contributed by atoms with E-state index in [1.807, 2.05) is 0 Å². The van der Waals surface area contributed by atoms with Crippen LogP contribution in [0.5, 0.6) is 0 Å². The number of para-hydroxylation sites is 2. The summed E-state index contributed by atoms with van der Waals surface area (Å²) in [6, 6.07) is 80.4. The normalized spacial score (nSPS) is 14.0. The van der Waals surface area contributed by atoms with Crippen molar-refractivity contribution in [1.29, 1.82) is 0 Å². The molecule has 2 aliphatic carbocycles. The van der Waals surface area contributed by atoms with Crippen molar-refractivity contribution in [3.8, 4) is 50.2 Å². The number of anilines is 3. The van der Waals surface area contributed by atoms with Crippen LogP contribution in [0.25, 0.3) is 93.9 Å². The van der Waals surface area contributed by atoms with E-state index in [1.54, 1.807) is 0 Å². The van der Waals surface area contributed by atoms with Gasteiger partial charge in [0.2, 0.25) is 0 Å². The lowest BCUT2D eigenvalue weighted by atomic mass is 9.81. The fourth-order valence-electron chi connectivity index (χ4n) is 12.2. The molecule has 0 amide bonds. The summed E-state index contributed by atoms with van der Waals surface area (Å²) in [4.78, 5) is 2.41. The Morgan fingerprint density at radius 3 is 1.59 bits per heavy atom. The maximum atomic E-state index is 6.83. The second-order valence-corrected chi connectivity index (χ2v) is 20.1. The molecule has 12 aromatic rings. The van der Waals surface area contributed by atoms with Crippen LogP contribution in [0.2, 0.25) is 0 Å². The maximum absolute atomic E-state index is 6.83. The van der Waals surface area contributed by atoms with Crippen LogP contribution in [-0.2, 0) is 10.8 Å². The van der Waals surface area contributed by atoms with Crippen molar-refractivity contribution in [3.05, 3.63) is 241 Å². The van der Waals surface area contributed by atoms with E-state index in [2.05, 4.69) is 256 Å². The van der Waals surface area contributed by atoms with Gasteiger partial charge in [-0.2, -0.15) is 0 Å². The lowest BCUT2D eigenvalue weighted by Gasteiger charge is -2.28. The summed E-state index contributed by atoms with van der Waals surface area (Å²) < 4.78 is 9.26. The molecule has 10 aromatic carbocycles. The third-order valence-corrected chi connectivity index (χ3v) is 15.6. The average Bonchev–Trinajstić information content (AvgIpc) is 4.07. The third-order valence-electron chi connectivity index (χ3n) is 15.6. The SMILES string of the molecule is CC1(C)c2ccccc2-c2ccc(-c3c4c(cc5c3c3ccccc3n5-c3ccc(N(c5ccc(-c6ccccc6)cc5)c5ccc6c(c5)C(C)(C)c5ccccc5-6)cc3)oc3ccccc34)cc21. The van der Waals surface area contributed by atoms with Gasteiger partial charge in [-0.05, 0) is 128 Å². The van der Waals surface area contributed by atoms with Crippen LogP contribution in [0.4, 0.5) is 17.1 Å². The molecular formula is C66H48N2O. The van der Waals surface area contributed by atoms with Crippen molar-refractivity contribution in [2.75, 3.05) is 4.90 Å². The summed E-state index contributed by atoms with van der Waals surface area (Å²) in [5, 5.41) is 4.72. The first-order valence-electron chi connectivity index (χ1n) is 24.2. The van der Waals surface area contributed by atoms with E-state index in [-0.39, 0.29) is 10.8 Å². The summed E-state index contributed by atoms with van der Waals surface area (Å²) in [7, 11) is 0. The molecule has 14 rings (SSSR count). The Labute approximate surface area is 402 Å². The topological polar surface area (TPSA) is 21.3 Å². The van der Waals surface area contributed by atoms with E-state index in [1.165, 1.54) is 77.5 Å². The lowest BCUT2D eigenvalue weighted by molar-refractivity contribution is 0.660. The number of rotatable bonds is 6. The van der Waals surface area contributed by atoms with Gasteiger partial charge in [0.25, 0.3) is 0 Å². The van der Waals surface area contributed by atoms with Gasteiger partial charge in [0.15, 0.2) is 0 Å². The molecule has 0 unspecified atom stereocenters. The predicted octanol–water partition coefficient (Wildman–Crippen LogP) is 18.1. The highest BCUT2D eigenvalue weighted by molar-refractivity contribution is 6.27. The monoisotopic (exact) mass is 884 g/mol. The van der Waals surface area contributed by atoms with E-state index >= 15 is 0 Å². The van der Waals surface area contributed by atoms with E-state index in [9.17, 15) is 0 Å². The molecule has 69 heavy (non-hydrogen) atoms. The van der Waals surface area contributed by atoms with Gasteiger partial charge in [-0.1, -0.05) is 173 Å². The van der Waals surface area contributed by atoms with E-state index in [0.717, 1.165) is 55.7 Å². The Morgan fingerprint density at radius 1 is 0.362 bits per heavy atom. The fourth-order valence-corrected chi connectivity index (χ4v) is 12.2. The van der Waals surface area contributed by atoms with Crippen LogP contribution in [0.15, 0.2) is 223 Å². The second kappa shape index (κ2) is 14.6. The van der Waals surface area contributed by atoms with E-state index < -0.39 is 0 Å². The standard InChI is InChI=1S/C66H48N2O/c1-65(2)54-22-12-8-18-48(54)50-36-28-43(38-56(50)65)62-63-52-20-10-14-24-58(52)68(59(63)40-61-64(62)53-21-11-15-25-60(53)69-61)46-33-31-45(32-34-46)67(44-29-26-42(27-30-44)41-16-6-5-7-17-41)47-35-37-51-49-19-9-13-23-55(49)66(3,4)57(51)39-47/h5-40H,1-4H3. The van der Waals surface area contributed by atoms with Gasteiger partial charge >= 0.3 is 0 Å². The molecule has 2 heterocycles. The Hall–Kier alpha value is -8.40. The highest BCUT2D eigenvalue weighted by Crippen LogP contribution is 2.53. The molecule has 0 atom stereocenters. The molecule has 2 aromatic heterocycles. The molecule has 3 nitrogen and oxygen atoms in total. The number of fused-ring (bicyclic) bond motifs is 12. The molecule has 0 radical (unpaired) electrons. The van der Waals surface area contributed by atoms with Crippen LogP contribution in [0, 0.1) is 0 Å². The van der Waals surface area contributed by atoms with Crippen LogP contribution in [-0.4, -0.2) is 4.57 Å². The minimum absolute atomic E-state index is 0.129. The Balaban J connectivity index is 0.958. The molecule has 2 aliphatic rings. The number of furan rings is 1. The van der Waals surface area contributed by atoms with Crippen molar-refractivity contribution >= 4 is 60.8 Å². The highest BCUT2D eigenvalue weighted by atomic mass is 16.3. The van der Waals surface area contributed by atoms with Crippen LogP contribution in [0.1, 0.15) is 49.9 Å². The molecule has 3 heteroatoms. The quantitative estimate of drug-likeness (QED) is 0.166. The first kappa shape index (κ1) is 39.7. The highest BCUT2D eigenvalue weighted by Gasteiger charge is 2.37. The van der Waals surface area contributed by atoms with Crippen LogP contribution >= 0.6 is 0 Å². The zero-order valence-electron chi connectivity index (χ0n) is 39.1. The first-order chi connectivity index (χ1) is 33.7. The van der Waals surface area contributed by atoms with E-state index in [0.29, 0.717) is 0 Å². The van der Waals surface area contributed by atoms with Crippen LogP contribution in [0.3, 0.4) is 0 Å². The number of aromatic nitrogens is 1. The Bertz CT molecular complexity index is 4050. The third kappa shape index (κ3) is 5.74. The molecule has 0 spiro atoms. The van der Waals surface area contributed by atoms with Gasteiger partial charge in [0, 0.05) is 66.8 Å². The number of benzene rings is 10. The predicted molar refractivity (Wildman–Crippen MR) is 289 cm³/mol. The molecule has 328 valence electrons. The summed E-state index contributed by atoms with van der Waals surface area (Å²) >= 11 is 0. The summed E-state index contributed by atoms with van der Waals surface area (Å²) in [6.07, 6.45) is 0. The number of hydrogen-bond donors (Lipinski definition) is 0. The van der Waals surface area contributed by atoms with Crippen molar-refractivity contribution in [2.24, 2.45) is 0 Å². The molecule has 0 N–H and O–H groups in total. The van der Waals surface area contributed by atoms with Gasteiger partial charge in [0.05, 0.1) is 11.0 Å². The minimum atomic E-state index is -0.137. The summed E-state index contributed by atoms with van der Waals surface area (Å²) in [6.45, 7) is 9.45. The zero-order valence-corrected chi connectivity index (χ0v) is 39.1. The molecule has 0 aliphatic heterocycles. The fraction of sp³-hybridized carbons (Fsp3) is 0.0909. The summed E-state index contributed by atoms with van der Waals surface area (Å²) in [5.41, 5.74) is 23.7. The molecular weight excluding hydrogens is 837 g/mol. The number of nitrogens with zero attached hydrogens (tertiary/aromatic N) is 2. The molecule has 0 fully saturated rings. The molecule has 0 bridgehead atoms. The van der Waals surface area contributed by atoms with Gasteiger partial charge in [0.1, 0.15) is 11.2 Å². The van der Waals surface area contributed by atoms with Crippen molar-refractivity contribution in [2.45, 2.75) is 38.5 Å².